The lowest BCUT2D eigenvalue weighted by Gasteiger charge is -2.40. The van der Waals surface area contributed by atoms with Gasteiger partial charge in [0, 0.05) is 25.3 Å². The number of ether oxygens (including phenoxy) is 1. The average Bonchev–Trinajstić information content (AvgIpc) is 2.63. The number of anilines is 1. The highest BCUT2D eigenvalue weighted by molar-refractivity contribution is 5.89. The second-order valence-corrected chi connectivity index (χ2v) is 6.38. The Bertz CT molecular complexity index is 766. The first-order valence-corrected chi connectivity index (χ1v) is 8.49. The van der Waals surface area contributed by atoms with Crippen LogP contribution in [0.2, 0.25) is 0 Å². The van der Waals surface area contributed by atoms with Crippen molar-refractivity contribution < 1.29 is 22.7 Å². The van der Waals surface area contributed by atoms with Crippen molar-refractivity contribution >= 4 is 11.7 Å². The van der Waals surface area contributed by atoms with E-state index in [1.807, 2.05) is 37.4 Å². The molecule has 0 radical (unpaired) electrons. The molecule has 144 valence electrons. The molecule has 8 heteroatoms. The van der Waals surface area contributed by atoms with Gasteiger partial charge in [-0.1, -0.05) is 30.3 Å². The maximum absolute atomic E-state index is 12.8. The third-order valence-corrected chi connectivity index (χ3v) is 4.37. The van der Waals surface area contributed by atoms with Gasteiger partial charge in [0.1, 0.15) is 5.75 Å². The van der Waals surface area contributed by atoms with Crippen molar-refractivity contribution in [3.63, 3.8) is 0 Å². The van der Waals surface area contributed by atoms with Crippen LogP contribution in [0.5, 0.6) is 5.75 Å². The van der Waals surface area contributed by atoms with Gasteiger partial charge in [-0.05, 0) is 36.9 Å². The Morgan fingerprint density at radius 2 is 1.74 bits per heavy atom. The summed E-state index contributed by atoms with van der Waals surface area (Å²) in [6.45, 7) is 2.00. The lowest BCUT2D eigenvalue weighted by Crippen LogP contribution is -2.50. The summed E-state index contributed by atoms with van der Waals surface area (Å²) >= 11 is 0. The molecular weight excluding hydrogens is 359 g/mol. The molecule has 0 aromatic heterocycles. The predicted molar refractivity (Wildman–Crippen MR) is 95.5 cm³/mol. The molecule has 0 bridgehead atoms. The molecular formula is C19H20F3N3O2. The average molecular weight is 379 g/mol. The van der Waals surface area contributed by atoms with Crippen LogP contribution < -0.4 is 10.1 Å². The Morgan fingerprint density at radius 1 is 1.07 bits per heavy atom. The fourth-order valence-electron chi connectivity index (χ4n) is 3.06. The van der Waals surface area contributed by atoms with Gasteiger partial charge in [0.25, 0.3) is 0 Å². The van der Waals surface area contributed by atoms with Crippen molar-refractivity contribution in [3.05, 3.63) is 60.2 Å². The number of urea groups is 1. The van der Waals surface area contributed by atoms with Gasteiger partial charge in [-0.2, -0.15) is 0 Å². The van der Waals surface area contributed by atoms with Crippen LogP contribution in [0.1, 0.15) is 11.6 Å². The molecule has 2 aromatic rings. The van der Waals surface area contributed by atoms with Gasteiger partial charge in [0.2, 0.25) is 0 Å². The van der Waals surface area contributed by atoms with E-state index in [1.54, 1.807) is 4.90 Å². The highest BCUT2D eigenvalue weighted by Gasteiger charge is 2.32. The van der Waals surface area contributed by atoms with Crippen molar-refractivity contribution in [1.82, 2.24) is 9.80 Å². The van der Waals surface area contributed by atoms with Crippen LogP contribution in [0.15, 0.2) is 54.6 Å². The van der Waals surface area contributed by atoms with Gasteiger partial charge in [-0.25, -0.2) is 4.79 Å². The lowest BCUT2D eigenvalue weighted by atomic mass is 10.0. The molecule has 27 heavy (non-hydrogen) atoms. The second kappa shape index (κ2) is 7.87. The molecule has 0 unspecified atom stereocenters. The number of likely N-dealkylation sites (N-methyl/N-ethyl adjacent to an activating group) is 1. The lowest BCUT2D eigenvalue weighted by molar-refractivity contribution is -0.274. The van der Waals surface area contributed by atoms with E-state index in [4.69, 9.17) is 0 Å². The summed E-state index contributed by atoms with van der Waals surface area (Å²) in [6.07, 6.45) is -4.74. The molecule has 0 spiro atoms. The Morgan fingerprint density at radius 3 is 2.37 bits per heavy atom. The van der Waals surface area contributed by atoms with Crippen molar-refractivity contribution in [1.29, 1.82) is 0 Å². The number of benzene rings is 2. The quantitative estimate of drug-likeness (QED) is 0.873. The van der Waals surface area contributed by atoms with E-state index >= 15 is 0 Å². The molecule has 5 nitrogen and oxygen atoms in total. The van der Waals surface area contributed by atoms with Crippen LogP contribution in [-0.2, 0) is 0 Å². The molecule has 1 N–H and O–H groups in total. The van der Waals surface area contributed by atoms with E-state index in [0.29, 0.717) is 18.8 Å². The number of hydrogen-bond donors (Lipinski definition) is 1. The van der Waals surface area contributed by atoms with Gasteiger partial charge < -0.3 is 19.9 Å². The molecule has 2 aromatic carbocycles. The van der Waals surface area contributed by atoms with Gasteiger partial charge in [-0.15, -0.1) is 13.2 Å². The van der Waals surface area contributed by atoms with E-state index in [-0.39, 0.29) is 17.8 Å². The smallest absolute Gasteiger partial charge is 0.406 e. The fourth-order valence-corrected chi connectivity index (χ4v) is 3.06. The number of amides is 2. The second-order valence-electron chi connectivity index (χ2n) is 6.38. The van der Waals surface area contributed by atoms with E-state index in [9.17, 15) is 18.0 Å². The largest absolute Gasteiger partial charge is 0.573 e. The van der Waals surface area contributed by atoms with Crippen molar-refractivity contribution in [2.24, 2.45) is 0 Å². The van der Waals surface area contributed by atoms with Crippen molar-refractivity contribution in [2.75, 3.05) is 32.0 Å². The topological polar surface area (TPSA) is 44.8 Å². The summed E-state index contributed by atoms with van der Waals surface area (Å²) in [4.78, 5) is 16.7. The first-order valence-electron chi connectivity index (χ1n) is 8.49. The molecule has 1 fully saturated rings. The third-order valence-electron chi connectivity index (χ3n) is 4.37. The number of halogens is 3. The summed E-state index contributed by atoms with van der Waals surface area (Å²) in [7, 11) is 2.00. The summed E-state index contributed by atoms with van der Waals surface area (Å²) in [5.74, 6) is -0.331. The number of carbonyl (C=O) groups is 1. The standard InChI is InChI=1S/C19H20F3N3O2/c1-24-11-12-25(17(13-24)14-5-3-2-4-6-14)18(26)23-15-7-9-16(10-8-15)27-19(20,21)22/h2-10,17H,11-13H2,1H3,(H,23,26)/t17-/m0/s1. The van der Waals surface area contributed by atoms with E-state index in [2.05, 4.69) is 15.0 Å². The molecule has 1 atom stereocenters. The van der Waals surface area contributed by atoms with Crippen LogP contribution in [0.4, 0.5) is 23.7 Å². The molecule has 0 saturated carbocycles. The Kier molecular flexibility index (Phi) is 5.55. The zero-order valence-corrected chi connectivity index (χ0v) is 14.7. The minimum atomic E-state index is -4.74. The predicted octanol–water partition coefficient (Wildman–Crippen LogP) is 4.11. The van der Waals surface area contributed by atoms with Crippen LogP contribution >= 0.6 is 0 Å². The normalized spacial score (nSPS) is 18.2. The van der Waals surface area contributed by atoms with E-state index in [1.165, 1.54) is 24.3 Å². The maximum Gasteiger partial charge on any atom is 0.573 e. The van der Waals surface area contributed by atoms with Crippen LogP contribution in [-0.4, -0.2) is 48.9 Å². The van der Waals surface area contributed by atoms with Gasteiger partial charge in [0.15, 0.2) is 0 Å². The molecule has 1 aliphatic heterocycles. The van der Waals surface area contributed by atoms with Gasteiger partial charge >= 0.3 is 12.4 Å². The number of nitrogens with zero attached hydrogens (tertiary/aromatic N) is 2. The molecule has 1 saturated heterocycles. The number of alkyl halides is 3. The fraction of sp³-hybridized carbons (Fsp3) is 0.316. The van der Waals surface area contributed by atoms with Crippen LogP contribution in [0, 0.1) is 0 Å². The van der Waals surface area contributed by atoms with E-state index < -0.39 is 6.36 Å². The monoisotopic (exact) mass is 379 g/mol. The van der Waals surface area contributed by atoms with Gasteiger partial charge in [0.05, 0.1) is 6.04 Å². The molecule has 0 aliphatic carbocycles. The minimum absolute atomic E-state index is 0.0993. The number of rotatable bonds is 3. The molecule has 3 rings (SSSR count). The van der Waals surface area contributed by atoms with Crippen molar-refractivity contribution in [3.8, 4) is 5.75 Å². The van der Waals surface area contributed by atoms with Crippen LogP contribution in [0.25, 0.3) is 0 Å². The number of nitrogens with one attached hydrogen (secondary N) is 1. The van der Waals surface area contributed by atoms with Crippen molar-refractivity contribution in [2.45, 2.75) is 12.4 Å². The molecule has 1 heterocycles. The van der Waals surface area contributed by atoms with E-state index in [0.717, 1.165) is 12.1 Å². The summed E-state index contributed by atoms with van der Waals surface area (Å²) in [5, 5.41) is 2.75. The highest BCUT2D eigenvalue weighted by atomic mass is 19.4. The SMILES string of the molecule is CN1CCN(C(=O)Nc2ccc(OC(F)(F)F)cc2)[C@H](c2ccccc2)C1. The summed E-state index contributed by atoms with van der Waals surface area (Å²) < 4.78 is 40.5. The minimum Gasteiger partial charge on any atom is -0.406 e. The Hall–Kier alpha value is -2.74. The zero-order valence-electron chi connectivity index (χ0n) is 14.7. The summed E-state index contributed by atoms with van der Waals surface area (Å²) in [5.41, 5.74) is 1.44. The number of carbonyl (C=O) groups excluding carboxylic acids is 1. The Labute approximate surface area is 155 Å². The Balaban J connectivity index is 1.70. The third kappa shape index (κ3) is 5.13. The molecule has 1 aliphatic rings. The highest BCUT2D eigenvalue weighted by Crippen LogP contribution is 2.27. The zero-order chi connectivity index (χ0) is 19.4. The first-order chi connectivity index (χ1) is 12.8. The number of hydrogen-bond acceptors (Lipinski definition) is 3. The molecule has 2 amide bonds. The van der Waals surface area contributed by atoms with Crippen LogP contribution in [0.3, 0.4) is 0 Å². The maximum atomic E-state index is 12.8. The summed E-state index contributed by atoms with van der Waals surface area (Å²) in [6, 6.07) is 14.5. The van der Waals surface area contributed by atoms with Gasteiger partial charge in [-0.3, -0.25) is 0 Å². The first kappa shape index (κ1) is 19.0. The number of piperazine rings is 1.